The van der Waals surface area contributed by atoms with E-state index in [0.29, 0.717) is 38.3 Å². The van der Waals surface area contributed by atoms with Crippen molar-refractivity contribution in [2.24, 2.45) is 5.10 Å². The molecule has 1 aliphatic heterocycles. The van der Waals surface area contributed by atoms with Crippen molar-refractivity contribution in [3.63, 3.8) is 0 Å². The molecule has 1 saturated heterocycles. The molecule has 0 radical (unpaired) electrons. The summed E-state index contributed by atoms with van der Waals surface area (Å²) in [4.78, 5) is 22.4. The average molecular weight is 446 g/mol. The Bertz CT molecular complexity index is 1060. The van der Waals surface area contributed by atoms with E-state index in [2.05, 4.69) is 10.5 Å². The van der Waals surface area contributed by atoms with Gasteiger partial charge in [-0.1, -0.05) is 24.3 Å². The number of morpholine rings is 1. The van der Waals surface area contributed by atoms with Crippen molar-refractivity contribution in [2.45, 2.75) is 17.7 Å². The van der Waals surface area contributed by atoms with Gasteiger partial charge in [0.25, 0.3) is 5.69 Å². The maximum atomic E-state index is 12.6. The predicted octanol–water partition coefficient (Wildman–Crippen LogP) is 1.70. The molecule has 0 bridgehead atoms. The van der Waals surface area contributed by atoms with E-state index in [1.165, 1.54) is 28.7 Å². The van der Waals surface area contributed by atoms with Gasteiger partial charge in [0, 0.05) is 37.2 Å². The Balaban J connectivity index is 1.50. The number of hydrogen-bond acceptors (Lipinski definition) is 7. The summed E-state index contributed by atoms with van der Waals surface area (Å²) >= 11 is 0. The maximum absolute atomic E-state index is 12.6. The van der Waals surface area contributed by atoms with Gasteiger partial charge in [0.05, 0.1) is 29.2 Å². The van der Waals surface area contributed by atoms with E-state index in [0.717, 1.165) is 5.56 Å². The molecule has 0 spiro atoms. The first-order valence-corrected chi connectivity index (χ1v) is 11.0. The first kappa shape index (κ1) is 22.5. The Morgan fingerprint density at radius 3 is 2.58 bits per heavy atom. The number of non-ortho nitro benzene ring substituents is 1. The minimum atomic E-state index is -3.54. The Kier molecular flexibility index (Phi) is 7.45. The lowest BCUT2D eigenvalue weighted by Crippen LogP contribution is -2.40. The molecule has 2 aromatic carbocycles. The number of amides is 1. The molecular weight excluding hydrogens is 424 g/mol. The number of carbonyl (C=O) groups excluding carboxylic acids is 1. The Hall–Kier alpha value is -3.15. The summed E-state index contributed by atoms with van der Waals surface area (Å²) in [6.45, 7) is 1.44. The van der Waals surface area contributed by atoms with Crippen LogP contribution < -0.4 is 5.43 Å². The highest BCUT2D eigenvalue weighted by molar-refractivity contribution is 7.89. The fourth-order valence-corrected chi connectivity index (χ4v) is 4.38. The number of rotatable bonds is 8. The molecule has 0 aliphatic carbocycles. The molecule has 0 aromatic heterocycles. The van der Waals surface area contributed by atoms with Gasteiger partial charge in [0.15, 0.2) is 0 Å². The van der Waals surface area contributed by atoms with Gasteiger partial charge in [-0.2, -0.15) is 9.41 Å². The summed E-state index contributed by atoms with van der Waals surface area (Å²) in [7, 11) is -3.54. The highest BCUT2D eigenvalue weighted by Crippen LogP contribution is 2.18. The second-order valence-corrected chi connectivity index (χ2v) is 8.74. The number of ether oxygens (including phenoxy) is 1. The molecule has 3 rings (SSSR count). The molecule has 1 amide bonds. The summed E-state index contributed by atoms with van der Waals surface area (Å²) < 4.78 is 31.8. The van der Waals surface area contributed by atoms with Crippen LogP contribution in [0.2, 0.25) is 0 Å². The molecule has 0 atom stereocenters. The number of nitrogens with zero attached hydrogens (tertiary/aromatic N) is 3. The molecule has 0 saturated carbocycles. The molecule has 1 heterocycles. The van der Waals surface area contributed by atoms with E-state index in [-0.39, 0.29) is 22.9 Å². The van der Waals surface area contributed by atoms with Gasteiger partial charge in [0.1, 0.15) is 0 Å². The minimum absolute atomic E-state index is 0.0608. The summed E-state index contributed by atoms with van der Waals surface area (Å²) in [5.74, 6) is -0.327. The van der Waals surface area contributed by atoms with Crippen molar-refractivity contribution >= 4 is 27.8 Å². The van der Waals surface area contributed by atoms with Crippen LogP contribution in [0.25, 0.3) is 0 Å². The van der Waals surface area contributed by atoms with Crippen LogP contribution in [0.5, 0.6) is 0 Å². The van der Waals surface area contributed by atoms with Crippen molar-refractivity contribution in [3.05, 3.63) is 69.8 Å². The molecule has 1 N–H and O–H groups in total. The number of nitro groups is 1. The monoisotopic (exact) mass is 446 g/mol. The molecule has 1 fully saturated rings. The summed E-state index contributed by atoms with van der Waals surface area (Å²) in [6, 6.07) is 12.3. The molecule has 164 valence electrons. The van der Waals surface area contributed by atoms with Crippen molar-refractivity contribution in [1.29, 1.82) is 0 Å². The van der Waals surface area contributed by atoms with Gasteiger partial charge in [-0.15, -0.1) is 0 Å². The zero-order valence-electron chi connectivity index (χ0n) is 16.6. The molecule has 31 heavy (non-hydrogen) atoms. The van der Waals surface area contributed by atoms with Gasteiger partial charge in [-0.25, -0.2) is 13.8 Å². The van der Waals surface area contributed by atoms with Gasteiger partial charge < -0.3 is 4.74 Å². The molecule has 10 nitrogen and oxygen atoms in total. The fraction of sp³-hybridized carbons (Fsp3) is 0.300. The number of benzene rings is 2. The van der Waals surface area contributed by atoms with Gasteiger partial charge >= 0.3 is 0 Å². The predicted molar refractivity (Wildman–Crippen MR) is 113 cm³/mol. The van der Waals surface area contributed by atoms with Crippen molar-refractivity contribution < 1.29 is 22.9 Å². The fourth-order valence-electron chi connectivity index (χ4n) is 2.98. The van der Waals surface area contributed by atoms with E-state index in [1.807, 2.05) is 0 Å². The average Bonchev–Trinajstić information content (AvgIpc) is 2.79. The Morgan fingerprint density at radius 2 is 1.90 bits per heavy atom. The molecule has 1 aliphatic rings. The normalized spacial score (nSPS) is 15.1. The highest BCUT2D eigenvalue weighted by atomic mass is 32.2. The quantitative estimate of drug-likeness (QED) is 0.373. The summed E-state index contributed by atoms with van der Waals surface area (Å²) in [5.41, 5.74) is 3.62. The van der Waals surface area contributed by atoms with Crippen LogP contribution in [0.4, 0.5) is 5.69 Å². The lowest BCUT2D eigenvalue weighted by molar-refractivity contribution is -0.384. The van der Waals surface area contributed by atoms with Crippen LogP contribution in [0.15, 0.2) is 58.5 Å². The highest BCUT2D eigenvalue weighted by Gasteiger charge is 2.26. The van der Waals surface area contributed by atoms with Crippen molar-refractivity contribution in [1.82, 2.24) is 9.73 Å². The lowest BCUT2D eigenvalue weighted by Gasteiger charge is -2.26. The zero-order chi connectivity index (χ0) is 22.3. The molecule has 11 heteroatoms. The van der Waals surface area contributed by atoms with E-state index in [1.54, 1.807) is 30.3 Å². The van der Waals surface area contributed by atoms with Crippen LogP contribution in [0, 0.1) is 10.1 Å². The van der Waals surface area contributed by atoms with Crippen LogP contribution in [0.3, 0.4) is 0 Å². The maximum Gasteiger partial charge on any atom is 0.270 e. The zero-order valence-corrected chi connectivity index (χ0v) is 17.5. The largest absolute Gasteiger partial charge is 0.379 e. The lowest BCUT2D eigenvalue weighted by atomic mass is 10.1. The number of hydrogen-bond donors (Lipinski definition) is 1. The third-order valence-corrected chi connectivity index (χ3v) is 6.57. The van der Waals surface area contributed by atoms with E-state index in [9.17, 15) is 23.3 Å². The van der Waals surface area contributed by atoms with Crippen molar-refractivity contribution in [3.8, 4) is 0 Å². The van der Waals surface area contributed by atoms with Crippen LogP contribution in [-0.2, 0) is 26.0 Å². The third kappa shape index (κ3) is 6.17. The second kappa shape index (κ2) is 10.2. The van der Waals surface area contributed by atoms with Crippen LogP contribution in [-0.4, -0.2) is 56.1 Å². The van der Waals surface area contributed by atoms with E-state index < -0.39 is 14.9 Å². The first-order valence-electron chi connectivity index (χ1n) is 9.59. The van der Waals surface area contributed by atoms with Gasteiger partial charge in [-0.3, -0.25) is 14.9 Å². The van der Waals surface area contributed by atoms with Crippen LogP contribution >= 0.6 is 0 Å². The van der Waals surface area contributed by atoms with Crippen molar-refractivity contribution in [2.75, 3.05) is 26.3 Å². The minimum Gasteiger partial charge on any atom is -0.379 e. The van der Waals surface area contributed by atoms with E-state index >= 15 is 0 Å². The van der Waals surface area contributed by atoms with Gasteiger partial charge in [0.2, 0.25) is 15.9 Å². The third-order valence-electron chi connectivity index (χ3n) is 4.66. The van der Waals surface area contributed by atoms with Gasteiger partial charge in [-0.05, 0) is 24.1 Å². The molecular formula is C20H22N4O6S. The number of sulfonamides is 1. The van der Waals surface area contributed by atoms with E-state index in [4.69, 9.17) is 4.74 Å². The summed E-state index contributed by atoms with van der Waals surface area (Å²) in [5, 5.41) is 14.6. The molecule has 2 aromatic rings. The Morgan fingerprint density at radius 1 is 1.19 bits per heavy atom. The second-order valence-electron chi connectivity index (χ2n) is 6.81. The number of nitrogens with one attached hydrogen (secondary N) is 1. The first-order chi connectivity index (χ1) is 14.9. The number of carbonyl (C=O) groups is 1. The topological polar surface area (TPSA) is 131 Å². The van der Waals surface area contributed by atoms with Crippen LogP contribution in [0.1, 0.15) is 17.5 Å². The summed E-state index contributed by atoms with van der Waals surface area (Å²) in [6.07, 6.45) is 1.90. The smallest absolute Gasteiger partial charge is 0.270 e. The number of aryl methyl sites for hydroxylation is 1. The standard InChI is InChI=1S/C20H22N4O6S/c25-20(22-21-15-17-2-1-3-18(14-17)24(26)27)9-6-16-4-7-19(8-5-16)31(28,29)23-10-12-30-13-11-23/h1-5,7-8,14-15H,6,9-13H2,(H,22,25)/b21-15+. The molecule has 0 unspecified atom stereocenters. The number of hydrazone groups is 1. The number of nitro benzene ring substituents is 1. The SMILES string of the molecule is O=C(CCc1ccc(S(=O)(=O)N2CCOCC2)cc1)N/N=C/c1cccc([N+](=O)[O-])c1. The Labute approximate surface area is 179 Å².